The predicted molar refractivity (Wildman–Crippen MR) is 114 cm³/mol. The van der Waals surface area contributed by atoms with E-state index in [4.69, 9.17) is 16.3 Å². The molecule has 0 aliphatic carbocycles. The van der Waals surface area contributed by atoms with Crippen LogP contribution in [0.3, 0.4) is 0 Å². The van der Waals surface area contributed by atoms with Gasteiger partial charge < -0.3 is 4.74 Å². The quantitative estimate of drug-likeness (QED) is 0.458. The molecule has 1 N–H and O–H groups in total. The number of nitrogens with one attached hydrogen (secondary N) is 1. The Hall–Kier alpha value is -2.61. The lowest BCUT2D eigenvalue weighted by Crippen LogP contribution is -2.14. The zero-order valence-corrected chi connectivity index (χ0v) is 17.1. The van der Waals surface area contributed by atoms with Crippen molar-refractivity contribution in [2.75, 3.05) is 11.8 Å². The van der Waals surface area contributed by atoms with Gasteiger partial charge in [0.2, 0.25) is 0 Å². The highest BCUT2D eigenvalue weighted by Gasteiger charge is 2.20. The van der Waals surface area contributed by atoms with Crippen LogP contribution >= 0.6 is 22.9 Å². The van der Waals surface area contributed by atoms with Crippen LogP contribution in [-0.2, 0) is 10.0 Å². The maximum atomic E-state index is 12.7. The van der Waals surface area contributed by atoms with E-state index in [0.29, 0.717) is 10.7 Å². The molecule has 0 saturated carbocycles. The van der Waals surface area contributed by atoms with Gasteiger partial charge in [0.05, 0.1) is 17.3 Å². The highest BCUT2D eigenvalue weighted by molar-refractivity contribution is 7.92. The Bertz CT molecular complexity index is 1220. The molecule has 4 aromatic rings. The van der Waals surface area contributed by atoms with Crippen LogP contribution in [0.25, 0.3) is 20.8 Å². The molecule has 5 nitrogen and oxygen atoms in total. The molecule has 28 heavy (non-hydrogen) atoms. The number of halogens is 1. The van der Waals surface area contributed by atoms with Crippen LogP contribution in [0.2, 0.25) is 5.02 Å². The number of hydrogen-bond donors (Lipinski definition) is 1. The summed E-state index contributed by atoms with van der Waals surface area (Å²) in [6, 6.07) is 19.5. The third-order valence-corrected chi connectivity index (χ3v) is 6.82. The molecule has 1 aromatic heterocycles. The monoisotopic (exact) mass is 430 g/mol. The normalized spacial score (nSPS) is 11.5. The van der Waals surface area contributed by atoms with Crippen LogP contribution in [0.4, 0.5) is 5.69 Å². The molecule has 0 fully saturated rings. The molecule has 142 valence electrons. The van der Waals surface area contributed by atoms with Gasteiger partial charge in [-0.05, 0) is 54.6 Å². The van der Waals surface area contributed by atoms with Crippen LogP contribution in [0.1, 0.15) is 0 Å². The second-order valence-electron chi connectivity index (χ2n) is 5.96. The van der Waals surface area contributed by atoms with Gasteiger partial charge in [-0.15, -0.1) is 11.3 Å². The number of para-hydroxylation sites is 1. The maximum absolute atomic E-state index is 12.7. The molecule has 0 aliphatic heterocycles. The van der Waals surface area contributed by atoms with E-state index >= 15 is 0 Å². The fourth-order valence-electron chi connectivity index (χ4n) is 2.75. The SMILES string of the molecule is COc1ccc(Cl)cc1S(=O)(=O)Nc1ccc(-c2nc3ccccc3s2)cc1. The summed E-state index contributed by atoms with van der Waals surface area (Å²) in [5, 5.41) is 1.19. The Morgan fingerprint density at radius 3 is 2.50 bits per heavy atom. The molecule has 0 spiro atoms. The number of nitrogens with zero attached hydrogens (tertiary/aromatic N) is 1. The first-order valence-electron chi connectivity index (χ1n) is 8.29. The third-order valence-electron chi connectivity index (χ3n) is 4.09. The summed E-state index contributed by atoms with van der Waals surface area (Å²) in [4.78, 5) is 4.60. The lowest BCUT2D eigenvalue weighted by atomic mass is 10.2. The van der Waals surface area contributed by atoms with Gasteiger partial charge >= 0.3 is 0 Å². The van der Waals surface area contributed by atoms with Gasteiger partial charge in [0, 0.05) is 16.3 Å². The summed E-state index contributed by atoms with van der Waals surface area (Å²) < 4.78 is 34.3. The molecule has 0 bridgehead atoms. The molecule has 0 saturated heterocycles. The molecular formula is C20H15ClN2O3S2. The number of aromatic nitrogens is 1. The lowest BCUT2D eigenvalue weighted by Gasteiger charge is -2.12. The van der Waals surface area contributed by atoms with Gasteiger partial charge in [-0.2, -0.15) is 0 Å². The van der Waals surface area contributed by atoms with Gasteiger partial charge in [0.1, 0.15) is 15.7 Å². The number of ether oxygens (including phenoxy) is 1. The van der Waals surface area contributed by atoms with Crippen molar-refractivity contribution in [2.45, 2.75) is 4.90 Å². The Labute approximate surface area is 171 Å². The molecule has 0 atom stereocenters. The average Bonchev–Trinajstić information content (AvgIpc) is 3.12. The molecule has 3 aromatic carbocycles. The zero-order valence-electron chi connectivity index (χ0n) is 14.7. The van der Waals surface area contributed by atoms with E-state index in [1.54, 1.807) is 29.5 Å². The Morgan fingerprint density at radius 2 is 1.79 bits per heavy atom. The van der Waals surface area contributed by atoms with Crippen molar-refractivity contribution in [2.24, 2.45) is 0 Å². The van der Waals surface area contributed by atoms with E-state index in [1.807, 2.05) is 36.4 Å². The molecule has 8 heteroatoms. The van der Waals surface area contributed by atoms with E-state index in [2.05, 4.69) is 9.71 Å². The number of rotatable bonds is 5. The van der Waals surface area contributed by atoms with Gasteiger partial charge in [-0.1, -0.05) is 23.7 Å². The summed E-state index contributed by atoms with van der Waals surface area (Å²) in [5.74, 6) is 0.225. The van der Waals surface area contributed by atoms with Crippen LogP contribution in [0.5, 0.6) is 5.75 Å². The lowest BCUT2D eigenvalue weighted by molar-refractivity contribution is 0.403. The molecule has 0 aliphatic rings. The highest BCUT2D eigenvalue weighted by Crippen LogP contribution is 2.32. The maximum Gasteiger partial charge on any atom is 0.265 e. The number of thiazole rings is 1. The van der Waals surface area contributed by atoms with Crippen molar-refractivity contribution in [3.8, 4) is 16.3 Å². The fraction of sp³-hybridized carbons (Fsp3) is 0.0500. The molecular weight excluding hydrogens is 416 g/mol. The van der Waals surface area contributed by atoms with Gasteiger partial charge in [-0.25, -0.2) is 13.4 Å². The van der Waals surface area contributed by atoms with E-state index in [1.165, 1.54) is 19.2 Å². The predicted octanol–water partition coefficient (Wildman–Crippen LogP) is 5.43. The summed E-state index contributed by atoms with van der Waals surface area (Å²) in [6.07, 6.45) is 0. The van der Waals surface area contributed by atoms with Crippen molar-refractivity contribution < 1.29 is 13.2 Å². The Balaban J connectivity index is 1.61. The first-order chi connectivity index (χ1) is 13.5. The van der Waals surface area contributed by atoms with Gasteiger partial charge in [0.25, 0.3) is 10.0 Å². The number of hydrogen-bond acceptors (Lipinski definition) is 5. The van der Waals surface area contributed by atoms with Crippen molar-refractivity contribution in [3.05, 3.63) is 71.8 Å². The smallest absolute Gasteiger partial charge is 0.265 e. The largest absolute Gasteiger partial charge is 0.495 e. The Kier molecular flexibility index (Phi) is 4.97. The van der Waals surface area contributed by atoms with E-state index in [0.717, 1.165) is 20.8 Å². The first kappa shape index (κ1) is 18.7. The van der Waals surface area contributed by atoms with Gasteiger partial charge in [-0.3, -0.25) is 4.72 Å². The molecule has 0 radical (unpaired) electrons. The topological polar surface area (TPSA) is 68.3 Å². The summed E-state index contributed by atoms with van der Waals surface area (Å²) >= 11 is 7.54. The minimum absolute atomic E-state index is 0.0160. The van der Waals surface area contributed by atoms with E-state index in [-0.39, 0.29) is 10.6 Å². The standard InChI is InChI=1S/C20H15ClN2O3S2/c1-26-17-11-8-14(21)12-19(17)28(24,25)23-15-9-6-13(7-10-15)20-22-16-4-2-3-5-18(16)27-20/h2-12,23H,1H3. The number of methoxy groups -OCH3 is 1. The van der Waals surface area contributed by atoms with Gasteiger partial charge in [0.15, 0.2) is 0 Å². The molecule has 0 unspecified atom stereocenters. The van der Waals surface area contributed by atoms with Crippen molar-refractivity contribution >= 4 is 48.9 Å². The first-order valence-corrected chi connectivity index (χ1v) is 11.0. The van der Waals surface area contributed by atoms with Crippen molar-refractivity contribution in [1.29, 1.82) is 0 Å². The molecule has 1 heterocycles. The fourth-order valence-corrected chi connectivity index (χ4v) is 5.21. The average molecular weight is 431 g/mol. The van der Waals surface area contributed by atoms with E-state index in [9.17, 15) is 8.42 Å². The summed E-state index contributed by atoms with van der Waals surface area (Å²) in [5.41, 5.74) is 2.30. The minimum Gasteiger partial charge on any atom is -0.495 e. The number of fused-ring (bicyclic) bond motifs is 1. The Morgan fingerprint density at radius 1 is 1.04 bits per heavy atom. The number of sulfonamides is 1. The van der Waals surface area contributed by atoms with Crippen molar-refractivity contribution in [3.63, 3.8) is 0 Å². The van der Waals surface area contributed by atoms with Crippen LogP contribution in [0.15, 0.2) is 71.6 Å². The minimum atomic E-state index is -3.85. The summed E-state index contributed by atoms with van der Waals surface area (Å²) in [6.45, 7) is 0. The van der Waals surface area contributed by atoms with Crippen LogP contribution < -0.4 is 9.46 Å². The molecule has 4 rings (SSSR count). The number of anilines is 1. The van der Waals surface area contributed by atoms with Crippen molar-refractivity contribution in [1.82, 2.24) is 4.98 Å². The highest BCUT2D eigenvalue weighted by atomic mass is 35.5. The van der Waals surface area contributed by atoms with E-state index < -0.39 is 10.0 Å². The third kappa shape index (κ3) is 3.69. The zero-order chi connectivity index (χ0) is 19.7. The van der Waals surface area contributed by atoms with Crippen LogP contribution in [-0.4, -0.2) is 20.5 Å². The van der Waals surface area contributed by atoms with Crippen LogP contribution in [0, 0.1) is 0 Å². The summed E-state index contributed by atoms with van der Waals surface area (Å²) in [7, 11) is -2.44. The number of benzene rings is 3. The second-order valence-corrected chi connectivity index (χ2v) is 9.08. The second kappa shape index (κ2) is 7.43. The molecule has 0 amide bonds.